The summed E-state index contributed by atoms with van der Waals surface area (Å²) in [5.41, 5.74) is 1.02. The number of hydrogen-bond donors (Lipinski definition) is 0. The van der Waals surface area contributed by atoms with E-state index in [1.54, 1.807) is 43.0 Å². The van der Waals surface area contributed by atoms with Gasteiger partial charge in [0.1, 0.15) is 16.9 Å². The first-order valence-electron chi connectivity index (χ1n) is 11.8. The minimum Gasteiger partial charge on any atom is -0.483 e. The summed E-state index contributed by atoms with van der Waals surface area (Å²) in [5.74, 6) is -0.189. The Hall–Kier alpha value is -1.96. The van der Waals surface area contributed by atoms with Gasteiger partial charge in [-0.1, -0.05) is 23.7 Å². The number of nitrogens with zero attached hydrogens (tertiary/aromatic N) is 2. The first-order chi connectivity index (χ1) is 16.7. The van der Waals surface area contributed by atoms with Gasteiger partial charge < -0.3 is 18.7 Å². The summed E-state index contributed by atoms with van der Waals surface area (Å²) in [4.78, 5) is 17.2. The summed E-state index contributed by atoms with van der Waals surface area (Å²) >= 11 is 6.14. The number of benzene rings is 2. The van der Waals surface area contributed by atoms with Crippen LogP contribution in [0.5, 0.6) is 5.75 Å². The van der Waals surface area contributed by atoms with Gasteiger partial charge in [-0.15, -0.1) is 0 Å². The number of rotatable bonds is 10. The van der Waals surface area contributed by atoms with Gasteiger partial charge in [0.25, 0.3) is 5.91 Å². The van der Waals surface area contributed by atoms with E-state index < -0.39 is 7.60 Å². The summed E-state index contributed by atoms with van der Waals surface area (Å²) in [5, 5.41) is 0.560. The van der Waals surface area contributed by atoms with E-state index in [4.69, 9.17) is 25.4 Å². The molecule has 0 radical (unpaired) electrons. The summed E-state index contributed by atoms with van der Waals surface area (Å²) in [7, 11) is -3.66. The number of halogens is 2. The minimum absolute atomic E-state index is 0.0367. The second-order valence-corrected chi connectivity index (χ2v) is 11.0. The van der Waals surface area contributed by atoms with Crippen LogP contribution in [0.15, 0.2) is 42.5 Å². The Kier molecular flexibility index (Phi) is 9.73. The molecule has 0 aromatic heterocycles. The van der Waals surface area contributed by atoms with E-state index in [1.165, 1.54) is 18.2 Å². The zero-order valence-corrected chi connectivity index (χ0v) is 22.2. The quantitative estimate of drug-likeness (QED) is 0.411. The topological polar surface area (TPSA) is 68.3 Å². The normalized spacial score (nSPS) is 19.1. The predicted octanol–water partition coefficient (Wildman–Crippen LogP) is 4.87. The van der Waals surface area contributed by atoms with Crippen LogP contribution in [0.2, 0.25) is 5.02 Å². The van der Waals surface area contributed by atoms with E-state index in [0.717, 1.165) is 5.56 Å². The molecule has 0 aliphatic carbocycles. The maximum atomic E-state index is 13.3. The maximum absolute atomic E-state index is 13.3. The van der Waals surface area contributed by atoms with Crippen LogP contribution in [0.4, 0.5) is 4.39 Å². The molecule has 2 atom stereocenters. The predicted molar refractivity (Wildman–Crippen MR) is 135 cm³/mol. The number of piperazine rings is 1. The van der Waals surface area contributed by atoms with Gasteiger partial charge in [-0.05, 0) is 63.6 Å². The van der Waals surface area contributed by atoms with Crippen LogP contribution >= 0.6 is 19.2 Å². The van der Waals surface area contributed by atoms with Crippen molar-refractivity contribution in [3.05, 3.63) is 58.9 Å². The van der Waals surface area contributed by atoms with Crippen molar-refractivity contribution in [2.24, 2.45) is 0 Å². The molecule has 1 aliphatic rings. The van der Waals surface area contributed by atoms with Crippen molar-refractivity contribution in [2.45, 2.75) is 46.3 Å². The second-order valence-electron chi connectivity index (χ2n) is 8.53. The smallest absolute Gasteiger partial charge is 0.365 e. The zero-order chi connectivity index (χ0) is 25.6. The molecule has 0 N–H and O–H groups in total. The van der Waals surface area contributed by atoms with Crippen molar-refractivity contribution in [2.75, 3.05) is 32.9 Å². The van der Waals surface area contributed by atoms with Crippen molar-refractivity contribution < 1.29 is 27.5 Å². The highest BCUT2D eigenvalue weighted by Gasteiger charge is 2.34. The highest BCUT2D eigenvalue weighted by atomic mass is 35.5. The summed E-state index contributed by atoms with van der Waals surface area (Å²) in [6.07, 6.45) is 0. The van der Waals surface area contributed by atoms with Crippen LogP contribution in [0, 0.1) is 5.82 Å². The van der Waals surface area contributed by atoms with Gasteiger partial charge in [0, 0.05) is 36.7 Å². The lowest BCUT2D eigenvalue weighted by molar-refractivity contribution is -0.139. The molecular formula is C25H33ClFN2O5P. The molecular weight excluding hydrogens is 494 g/mol. The van der Waals surface area contributed by atoms with E-state index in [1.807, 2.05) is 6.92 Å². The molecule has 35 heavy (non-hydrogen) atoms. The average molecular weight is 527 g/mol. The largest absolute Gasteiger partial charge is 0.483 e. The molecule has 1 heterocycles. The number of carbonyl (C=O) groups is 1. The van der Waals surface area contributed by atoms with E-state index >= 15 is 0 Å². The molecule has 0 bridgehead atoms. The van der Waals surface area contributed by atoms with Gasteiger partial charge in [0.2, 0.25) is 0 Å². The third-order valence-corrected chi connectivity index (χ3v) is 8.27. The first kappa shape index (κ1) is 27.6. The Morgan fingerprint density at radius 3 is 2.34 bits per heavy atom. The molecule has 2 aromatic rings. The Morgan fingerprint density at radius 1 is 1.06 bits per heavy atom. The Balaban J connectivity index is 1.67. The van der Waals surface area contributed by atoms with E-state index in [-0.39, 0.29) is 54.7 Å². The van der Waals surface area contributed by atoms with Gasteiger partial charge in [-0.25, -0.2) is 4.39 Å². The molecule has 7 nitrogen and oxygen atoms in total. The monoisotopic (exact) mass is 526 g/mol. The SMILES string of the molecule is CCOP(=O)(OCC)c1cc(Cl)ccc1OCC(=O)N1C[C@H](C)N(Cc2ccc(F)cc2)C[C@H]1C. The van der Waals surface area contributed by atoms with E-state index in [2.05, 4.69) is 11.8 Å². The lowest BCUT2D eigenvalue weighted by atomic mass is 10.1. The van der Waals surface area contributed by atoms with Crippen molar-refractivity contribution in [1.82, 2.24) is 9.80 Å². The zero-order valence-electron chi connectivity index (χ0n) is 20.6. The fourth-order valence-corrected chi connectivity index (χ4v) is 6.14. The van der Waals surface area contributed by atoms with Crippen LogP contribution in [0.25, 0.3) is 0 Å². The summed E-state index contributed by atoms with van der Waals surface area (Å²) < 4.78 is 43.3. The fourth-order valence-electron chi connectivity index (χ4n) is 4.16. The van der Waals surface area contributed by atoms with Crippen LogP contribution in [0.1, 0.15) is 33.3 Å². The highest BCUT2D eigenvalue weighted by Crippen LogP contribution is 2.49. The lowest BCUT2D eigenvalue weighted by Crippen LogP contribution is -2.58. The molecule has 2 aromatic carbocycles. The first-order valence-corrected chi connectivity index (χ1v) is 13.7. The molecule has 192 valence electrons. The molecule has 1 fully saturated rings. The van der Waals surface area contributed by atoms with Gasteiger partial charge in [0.15, 0.2) is 6.61 Å². The van der Waals surface area contributed by atoms with Crippen molar-refractivity contribution in [3.63, 3.8) is 0 Å². The second kappa shape index (κ2) is 12.3. The number of ether oxygens (including phenoxy) is 1. The van der Waals surface area contributed by atoms with Crippen molar-refractivity contribution in [3.8, 4) is 5.75 Å². The van der Waals surface area contributed by atoms with Gasteiger partial charge in [-0.2, -0.15) is 0 Å². The molecule has 1 saturated heterocycles. The Morgan fingerprint density at radius 2 is 1.71 bits per heavy atom. The summed E-state index contributed by atoms with van der Waals surface area (Å²) in [6, 6.07) is 11.2. The van der Waals surface area contributed by atoms with E-state index in [0.29, 0.717) is 24.7 Å². The van der Waals surface area contributed by atoms with Crippen LogP contribution in [0.3, 0.4) is 0 Å². The van der Waals surface area contributed by atoms with Crippen molar-refractivity contribution >= 4 is 30.4 Å². The minimum atomic E-state index is -3.66. The third-order valence-electron chi connectivity index (χ3n) is 5.90. The van der Waals surface area contributed by atoms with E-state index in [9.17, 15) is 13.8 Å². The Labute approximate surface area is 211 Å². The van der Waals surface area contributed by atoms with Crippen LogP contribution < -0.4 is 10.0 Å². The molecule has 0 saturated carbocycles. The summed E-state index contributed by atoms with van der Waals surface area (Å²) in [6.45, 7) is 9.54. The van der Waals surface area contributed by atoms with Gasteiger partial charge in [-0.3, -0.25) is 14.3 Å². The molecule has 1 amide bonds. The molecule has 0 spiro atoms. The highest BCUT2D eigenvalue weighted by molar-refractivity contribution is 7.62. The van der Waals surface area contributed by atoms with Crippen molar-refractivity contribution in [1.29, 1.82) is 0 Å². The number of carbonyl (C=O) groups excluding carboxylic acids is 1. The maximum Gasteiger partial charge on any atom is 0.365 e. The third kappa shape index (κ3) is 7.05. The van der Waals surface area contributed by atoms with Gasteiger partial charge in [0.05, 0.1) is 13.2 Å². The van der Waals surface area contributed by atoms with Crippen LogP contribution in [-0.2, 0) is 25.0 Å². The molecule has 3 rings (SSSR count). The Bertz CT molecular complexity index is 1040. The molecule has 10 heteroatoms. The standard InChI is InChI=1S/C25H33ClFN2O5P/c1-5-33-35(31,34-6-2)24-13-21(26)9-12-23(24)32-17-25(30)29-15-18(3)28(14-19(29)4)16-20-7-10-22(27)11-8-20/h7-13,18-19H,5-6,14-17H2,1-4H3/t18-,19+/m0/s1. The lowest BCUT2D eigenvalue weighted by Gasteiger charge is -2.44. The average Bonchev–Trinajstić information content (AvgIpc) is 2.82. The van der Waals surface area contributed by atoms with Crippen LogP contribution in [-0.4, -0.2) is 60.7 Å². The molecule has 1 aliphatic heterocycles. The number of hydrogen-bond acceptors (Lipinski definition) is 6. The number of amides is 1. The van der Waals surface area contributed by atoms with Gasteiger partial charge >= 0.3 is 7.60 Å². The fraction of sp³-hybridized carbons (Fsp3) is 0.480. The molecule has 0 unspecified atom stereocenters.